The summed E-state index contributed by atoms with van der Waals surface area (Å²) in [6.07, 6.45) is 1.78. The zero-order chi connectivity index (χ0) is 15.2. The van der Waals surface area contributed by atoms with E-state index in [-0.39, 0.29) is 11.3 Å². The summed E-state index contributed by atoms with van der Waals surface area (Å²) in [7, 11) is 0. The van der Waals surface area contributed by atoms with Gasteiger partial charge in [0.1, 0.15) is 5.82 Å². The van der Waals surface area contributed by atoms with Crippen LogP contribution in [0.2, 0.25) is 0 Å². The van der Waals surface area contributed by atoms with Crippen molar-refractivity contribution in [3.05, 3.63) is 23.4 Å². The van der Waals surface area contributed by atoms with E-state index in [9.17, 15) is 4.79 Å². The summed E-state index contributed by atoms with van der Waals surface area (Å²) in [5.41, 5.74) is 1.85. The van der Waals surface area contributed by atoms with Gasteiger partial charge in [0, 0.05) is 24.3 Å². The molecule has 1 heterocycles. The number of nitrogens with one attached hydrogen (secondary N) is 2. The highest BCUT2D eigenvalue weighted by Gasteiger charge is 2.12. The smallest absolute Gasteiger partial charge is 0.251 e. The number of aryl methyl sites for hydroxylation is 1. The van der Waals surface area contributed by atoms with Gasteiger partial charge in [-0.1, -0.05) is 27.7 Å². The molecule has 20 heavy (non-hydrogen) atoms. The minimum absolute atomic E-state index is 0.0227. The van der Waals surface area contributed by atoms with Crippen molar-refractivity contribution < 1.29 is 4.79 Å². The van der Waals surface area contributed by atoms with E-state index >= 15 is 0 Å². The number of carbonyl (C=O) groups is 1. The first-order valence-corrected chi connectivity index (χ1v) is 7.38. The van der Waals surface area contributed by atoms with Gasteiger partial charge in [-0.15, -0.1) is 0 Å². The number of nitrogens with zero attached hydrogens (tertiary/aromatic N) is 1. The van der Waals surface area contributed by atoms with Gasteiger partial charge in [0.2, 0.25) is 0 Å². The summed E-state index contributed by atoms with van der Waals surface area (Å²) in [4.78, 5) is 16.6. The molecule has 0 fully saturated rings. The SMILES string of the molecule is CCNc1cc(C(=O)NCCC(C)(C)C)cc(CC)n1. The third-order valence-electron chi connectivity index (χ3n) is 3.02. The number of hydrogen-bond acceptors (Lipinski definition) is 3. The van der Waals surface area contributed by atoms with Crippen LogP contribution in [0.15, 0.2) is 12.1 Å². The van der Waals surface area contributed by atoms with Crippen LogP contribution in [0, 0.1) is 5.41 Å². The largest absolute Gasteiger partial charge is 0.370 e. The summed E-state index contributed by atoms with van der Waals surface area (Å²) >= 11 is 0. The fourth-order valence-corrected chi connectivity index (χ4v) is 1.82. The Kier molecular flexibility index (Phi) is 5.99. The Morgan fingerprint density at radius 2 is 1.95 bits per heavy atom. The predicted octanol–water partition coefficient (Wildman–Crippen LogP) is 3.24. The molecule has 0 radical (unpaired) electrons. The normalized spacial score (nSPS) is 11.2. The van der Waals surface area contributed by atoms with E-state index in [4.69, 9.17) is 0 Å². The maximum Gasteiger partial charge on any atom is 0.251 e. The third-order valence-corrected chi connectivity index (χ3v) is 3.02. The van der Waals surface area contributed by atoms with E-state index in [1.165, 1.54) is 0 Å². The lowest BCUT2D eigenvalue weighted by Gasteiger charge is -2.18. The van der Waals surface area contributed by atoms with E-state index in [1.54, 1.807) is 0 Å². The molecule has 1 amide bonds. The predicted molar refractivity (Wildman–Crippen MR) is 84.2 cm³/mol. The van der Waals surface area contributed by atoms with Gasteiger partial charge in [-0.25, -0.2) is 4.98 Å². The van der Waals surface area contributed by atoms with Crippen molar-refractivity contribution in [2.24, 2.45) is 5.41 Å². The van der Waals surface area contributed by atoms with Gasteiger partial charge in [-0.05, 0) is 37.3 Å². The lowest BCUT2D eigenvalue weighted by molar-refractivity contribution is 0.0949. The van der Waals surface area contributed by atoms with Gasteiger partial charge in [0.25, 0.3) is 5.91 Å². The molecule has 0 spiro atoms. The molecule has 0 unspecified atom stereocenters. The number of carbonyl (C=O) groups excluding carboxylic acids is 1. The van der Waals surface area contributed by atoms with Gasteiger partial charge in [0.15, 0.2) is 0 Å². The molecule has 1 aromatic heterocycles. The molecule has 1 aromatic rings. The molecule has 2 N–H and O–H groups in total. The van der Waals surface area contributed by atoms with E-state index in [2.05, 4.69) is 36.4 Å². The Balaban J connectivity index is 2.73. The zero-order valence-electron chi connectivity index (χ0n) is 13.3. The average Bonchev–Trinajstić information content (AvgIpc) is 2.37. The molecule has 0 saturated carbocycles. The molecular formula is C16H27N3O. The highest BCUT2D eigenvalue weighted by Crippen LogP contribution is 2.17. The van der Waals surface area contributed by atoms with Gasteiger partial charge in [-0.2, -0.15) is 0 Å². The van der Waals surface area contributed by atoms with E-state index < -0.39 is 0 Å². The number of amides is 1. The lowest BCUT2D eigenvalue weighted by atomic mass is 9.92. The van der Waals surface area contributed by atoms with Crippen LogP contribution in [0.1, 0.15) is 57.1 Å². The molecule has 0 saturated heterocycles. The number of rotatable bonds is 6. The van der Waals surface area contributed by atoms with Gasteiger partial charge < -0.3 is 10.6 Å². The molecule has 0 atom stereocenters. The zero-order valence-corrected chi connectivity index (χ0v) is 13.3. The fourth-order valence-electron chi connectivity index (χ4n) is 1.82. The molecule has 4 heteroatoms. The van der Waals surface area contributed by atoms with E-state index in [0.717, 1.165) is 30.9 Å². The van der Waals surface area contributed by atoms with Crippen molar-refractivity contribution in [2.45, 2.75) is 47.5 Å². The second kappa shape index (κ2) is 7.27. The quantitative estimate of drug-likeness (QED) is 0.839. The molecule has 0 aromatic carbocycles. The van der Waals surface area contributed by atoms with Crippen LogP contribution in [-0.2, 0) is 6.42 Å². The maximum atomic E-state index is 12.2. The summed E-state index contributed by atoms with van der Waals surface area (Å²) in [5, 5.41) is 6.15. The van der Waals surface area contributed by atoms with Crippen molar-refractivity contribution >= 4 is 11.7 Å². The van der Waals surface area contributed by atoms with Crippen molar-refractivity contribution in [2.75, 3.05) is 18.4 Å². The Bertz CT molecular complexity index is 450. The third kappa shape index (κ3) is 5.59. The summed E-state index contributed by atoms with van der Waals surface area (Å²) < 4.78 is 0. The van der Waals surface area contributed by atoms with Crippen molar-refractivity contribution in [3.63, 3.8) is 0 Å². The standard InChI is InChI=1S/C16H27N3O/c1-6-13-10-12(11-14(19-13)17-7-2)15(20)18-9-8-16(3,4)5/h10-11H,6-9H2,1-5H3,(H,17,19)(H,18,20). The molecule has 4 nitrogen and oxygen atoms in total. The number of aromatic nitrogens is 1. The minimum atomic E-state index is -0.0227. The Morgan fingerprint density at radius 3 is 2.50 bits per heavy atom. The molecule has 0 bridgehead atoms. The van der Waals surface area contributed by atoms with Crippen molar-refractivity contribution in [1.82, 2.24) is 10.3 Å². The van der Waals surface area contributed by atoms with Gasteiger partial charge >= 0.3 is 0 Å². The second-order valence-corrected chi connectivity index (χ2v) is 6.18. The van der Waals surface area contributed by atoms with Crippen LogP contribution in [0.3, 0.4) is 0 Å². The van der Waals surface area contributed by atoms with Crippen LogP contribution in [0.4, 0.5) is 5.82 Å². The Morgan fingerprint density at radius 1 is 1.25 bits per heavy atom. The lowest BCUT2D eigenvalue weighted by Crippen LogP contribution is -2.27. The number of anilines is 1. The van der Waals surface area contributed by atoms with E-state index in [0.29, 0.717) is 12.1 Å². The first-order chi connectivity index (χ1) is 9.35. The van der Waals surface area contributed by atoms with Crippen LogP contribution in [0.25, 0.3) is 0 Å². The average molecular weight is 277 g/mol. The number of hydrogen-bond donors (Lipinski definition) is 2. The van der Waals surface area contributed by atoms with Gasteiger partial charge in [-0.3, -0.25) is 4.79 Å². The monoisotopic (exact) mass is 277 g/mol. The molecule has 0 aliphatic rings. The Hall–Kier alpha value is -1.58. The van der Waals surface area contributed by atoms with Crippen LogP contribution in [0.5, 0.6) is 0 Å². The molecular weight excluding hydrogens is 250 g/mol. The maximum absolute atomic E-state index is 12.2. The molecule has 0 aliphatic heterocycles. The topological polar surface area (TPSA) is 54.0 Å². The first kappa shape index (κ1) is 16.5. The molecule has 112 valence electrons. The second-order valence-electron chi connectivity index (χ2n) is 6.18. The number of pyridine rings is 1. The summed E-state index contributed by atoms with van der Waals surface area (Å²) in [5.74, 6) is 0.748. The molecule has 0 aliphatic carbocycles. The van der Waals surface area contributed by atoms with Crippen LogP contribution in [-0.4, -0.2) is 24.0 Å². The minimum Gasteiger partial charge on any atom is -0.370 e. The molecule has 1 rings (SSSR count). The van der Waals surface area contributed by atoms with Crippen LogP contribution < -0.4 is 10.6 Å². The highest BCUT2D eigenvalue weighted by molar-refractivity contribution is 5.95. The van der Waals surface area contributed by atoms with E-state index in [1.807, 2.05) is 26.0 Å². The summed E-state index contributed by atoms with van der Waals surface area (Å²) in [6, 6.07) is 3.68. The van der Waals surface area contributed by atoms with Crippen molar-refractivity contribution in [3.8, 4) is 0 Å². The summed E-state index contributed by atoms with van der Waals surface area (Å²) in [6.45, 7) is 12.1. The highest BCUT2D eigenvalue weighted by atomic mass is 16.1. The Labute approximate surface area is 122 Å². The van der Waals surface area contributed by atoms with Gasteiger partial charge in [0.05, 0.1) is 0 Å². The van der Waals surface area contributed by atoms with Crippen molar-refractivity contribution in [1.29, 1.82) is 0 Å². The van der Waals surface area contributed by atoms with Crippen LogP contribution >= 0.6 is 0 Å². The first-order valence-electron chi connectivity index (χ1n) is 7.38. The fraction of sp³-hybridized carbons (Fsp3) is 0.625.